The molecule has 0 bridgehead atoms. The van der Waals surface area contributed by atoms with E-state index in [1.54, 1.807) is 0 Å². The van der Waals surface area contributed by atoms with Crippen LogP contribution in [0, 0.1) is 5.92 Å². The topological polar surface area (TPSA) is 0 Å². The predicted molar refractivity (Wildman–Crippen MR) is 72.3 cm³/mol. The maximum atomic E-state index is 14.5. The van der Waals surface area contributed by atoms with Gasteiger partial charge in [0.2, 0.25) is 0 Å². The third kappa shape index (κ3) is 3.71. The van der Waals surface area contributed by atoms with Crippen LogP contribution in [-0.2, 0) is 0 Å². The minimum absolute atomic E-state index is 0.0965. The Bertz CT molecular complexity index is 414. The van der Waals surface area contributed by atoms with E-state index in [4.69, 9.17) is 0 Å². The molecule has 0 saturated carbocycles. The normalized spacial score (nSPS) is 19.8. The maximum absolute atomic E-state index is 14.5. The number of hydrogen-bond acceptors (Lipinski definition) is 0. The summed E-state index contributed by atoms with van der Waals surface area (Å²) in [4.78, 5) is 0. The van der Waals surface area contributed by atoms with Gasteiger partial charge >= 0.3 is 24.2 Å². The zero-order valence-corrected chi connectivity index (χ0v) is 14.5. The molecule has 0 saturated heterocycles. The quantitative estimate of drug-likeness (QED) is 0.210. The summed E-state index contributed by atoms with van der Waals surface area (Å²) in [6.07, 6.45) is -14.9. The number of rotatable bonds is 7. The van der Waals surface area contributed by atoms with Crippen LogP contribution < -0.4 is 0 Å². The first-order valence-corrected chi connectivity index (χ1v) is 7.90. The van der Waals surface area contributed by atoms with Gasteiger partial charge in [0.25, 0.3) is 5.67 Å². The Kier molecular flexibility index (Phi) is 7.28. The molecule has 0 radical (unpaired) electrons. The van der Waals surface area contributed by atoms with Crippen molar-refractivity contribution in [3.8, 4) is 0 Å². The molecule has 0 aliphatic carbocycles. The first-order chi connectivity index (χ1) is 10.4. The second-order valence-corrected chi connectivity index (χ2v) is 6.78. The van der Waals surface area contributed by atoms with E-state index in [1.807, 2.05) is 0 Å². The smallest absolute Gasteiger partial charge is 0.226 e. The molecular weight excluding hydrogens is 480 g/mol. The lowest BCUT2D eigenvalue weighted by Crippen LogP contribution is -2.70. The Morgan fingerprint density at radius 1 is 0.708 bits per heavy atom. The highest BCUT2D eigenvalue weighted by Gasteiger charge is 2.88. The fourth-order valence-corrected chi connectivity index (χ4v) is 3.92. The molecule has 0 aromatic heterocycles. The van der Waals surface area contributed by atoms with Gasteiger partial charge in [0.15, 0.2) is 0 Å². The van der Waals surface area contributed by atoms with E-state index < -0.39 is 46.1 Å². The van der Waals surface area contributed by atoms with Gasteiger partial charge in [-0.05, 0) is 12.8 Å². The minimum Gasteiger partial charge on any atom is -0.226 e. The largest absolute Gasteiger partial charge is 0.460 e. The van der Waals surface area contributed by atoms with Crippen molar-refractivity contribution in [2.24, 2.45) is 5.92 Å². The Balaban J connectivity index is 6.48. The van der Waals surface area contributed by atoms with Crippen LogP contribution in [0.3, 0.4) is 0 Å². The van der Waals surface area contributed by atoms with Crippen LogP contribution in [0.25, 0.3) is 0 Å². The van der Waals surface area contributed by atoms with Gasteiger partial charge in [0.1, 0.15) is 0 Å². The summed E-state index contributed by atoms with van der Waals surface area (Å²) in [5.74, 6) is -17.0. The van der Waals surface area contributed by atoms with Crippen molar-refractivity contribution in [3.63, 3.8) is 0 Å². The average Bonchev–Trinajstić information content (AvgIpc) is 2.36. The Morgan fingerprint density at radius 3 is 1.38 bits per heavy atom. The second kappa shape index (κ2) is 7.29. The van der Waals surface area contributed by atoms with Gasteiger partial charge < -0.3 is 0 Å². The zero-order chi connectivity index (χ0) is 19.8. The van der Waals surface area contributed by atoms with Crippen LogP contribution in [0.2, 0.25) is 0 Å². The Hall–Kier alpha value is -0.0400. The van der Waals surface area contributed by atoms with Crippen LogP contribution in [0.1, 0.15) is 33.1 Å². The molecular formula is C12H14F11I. The molecule has 146 valence electrons. The summed E-state index contributed by atoms with van der Waals surface area (Å²) in [5, 5.41) is 0. The molecule has 0 nitrogen and oxygen atoms in total. The highest BCUT2D eigenvalue weighted by molar-refractivity contribution is 14.1. The monoisotopic (exact) mass is 494 g/mol. The second-order valence-electron chi connectivity index (χ2n) is 5.18. The molecule has 0 aromatic rings. The van der Waals surface area contributed by atoms with Crippen molar-refractivity contribution < 1.29 is 48.3 Å². The van der Waals surface area contributed by atoms with Crippen LogP contribution in [0.4, 0.5) is 48.3 Å². The summed E-state index contributed by atoms with van der Waals surface area (Å²) in [5.41, 5.74) is -6.05. The lowest BCUT2D eigenvalue weighted by atomic mass is 9.76. The number of hydrogen-bond donors (Lipinski definition) is 0. The predicted octanol–water partition coefficient (Wildman–Crippen LogP) is 6.72. The summed E-state index contributed by atoms with van der Waals surface area (Å²) in [7, 11) is 0. The molecule has 0 aromatic carbocycles. The van der Waals surface area contributed by atoms with Crippen LogP contribution in [0.5, 0.6) is 0 Å². The van der Waals surface area contributed by atoms with E-state index in [0.717, 1.165) is 29.5 Å². The van der Waals surface area contributed by atoms with Gasteiger partial charge in [-0.25, -0.2) is 4.39 Å². The average molecular weight is 494 g/mol. The van der Waals surface area contributed by atoms with Gasteiger partial charge in [0.05, 0.1) is 0 Å². The summed E-state index contributed by atoms with van der Waals surface area (Å²) in [6.45, 7) is 2.22. The standard InChI is InChI=1S/C12H14F11I/c1-3-5-7(24)6(4-2)8(13,11(18,19)20)9(14,15)10(16,17)12(21,22)23/h6-7H,3-5H2,1-2H3. The molecule has 24 heavy (non-hydrogen) atoms. The van der Waals surface area contributed by atoms with Gasteiger partial charge in [-0.15, -0.1) is 0 Å². The van der Waals surface area contributed by atoms with Crippen molar-refractivity contribution in [1.29, 1.82) is 0 Å². The van der Waals surface area contributed by atoms with Crippen LogP contribution in [-0.4, -0.2) is 33.8 Å². The summed E-state index contributed by atoms with van der Waals surface area (Å²) in [6, 6.07) is 0. The van der Waals surface area contributed by atoms with Crippen molar-refractivity contribution in [2.45, 2.75) is 66.9 Å². The molecule has 3 unspecified atom stereocenters. The first kappa shape index (κ1) is 24.0. The lowest BCUT2D eigenvalue weighted by Gasteiger charge is -2.44. The van der Waals surface area contributed by atoms with E-state index in [0.29, 0.717) is 0 Å². The van der Waals surface area contributed by atoms with Gasteiger partial charge in [-0.2, -0.15) is 43.9 Å². The van der Waals surface area contributed by atoms with E-state index in [9.17, 15) is 48.3 Å². The van der Waals surface area contributed by atoms with E-state index in [2.05, 4.69) is 0 Å². The highest BCUT2D eigenvalue weighted by atomic mass is 127. The zero-order valence-electron chi connectivity index (χ0n) is 12.3. The SMILES string of the molecule is CCCC(I)C(CC)C(F)(C(F)(F)F)C(F)(F)C(F)(F)C(F)(F)F. The minimum atomic E-state index is -7.19. The molecule has 0 fully saturated rings. The Morgan fingerprint density at radius 2 is 1.12 bits per heavy atom. The lowest BCUT2D eigenvalue weighted by molar-refractivity contribution is -0.419. The molecule has 0 amide bonds. The van der Waals surface area contributed by atoms with E-state index in [1.165, 1.54) is 6.92 Å². The van der Waals surface area contributed by atoms with Crippen molar-refractivity contribution >= 4 is 22.6 Å². The van der Waals surface area contributed by atoms with E-state index in [-0.39, 0.29) is 12.8 Å². The van der Waals surface area contributed by atoms with Crippen LogP contribution >= 0.6 is 22.6 Å². The molecule has 0 aliphatic rings. The van der Waals surface area contributed by atoms with Gasteiger partial charge in [-0.1, -0.05) is 42.9 Å². The fourth-order valence-electron chi connectivity index (χ4n) is 2.29. The highest BCUT2D eigenvalue weighted by Crippen LogP contribution is 2.61. The van der Waals surface area contributed by atoms with Crippen LogP contribution in [0.15, 0.2) is 0 Å². The third-order valence-corrected chi connectivity index (χ3v) is 5.06. The summed E-state index contributed by atoms with van der Waals surface area (Å²) < 4.78 is 142. The fraction of sp³-hybridized carbons (Fsp3) is 1.00. The van der Waals surface area contributed by atoms with Crippen molar-refractivity contribution in [1.82, 2.24) is 0 Å². The number of alkyl halides is 12. The molecule has 0 heterocycles. The van der Waals surface area contributed by atoms with Gasteiger partial charge in [0, 0.05) is 9.84 Å². The van der Waals surface area contributed by atoms with Crippen molar-refractivity contribution in [3.05, 3.63) is 0 Å². The summed E-state index contributed by atoms with van der Waals surface area (Å²) >= 11 is 1.16. The maximum Gasteiger partial charge on any atom is 0.460 e. The molecule has 0 rings (SSSR count). The molecule has 0 aliphatic heterocycles. The Labute approximate surface area is 144 Å². The molecule has 0 spiro atoms. The first-order valence-electron chi connectivity index (χ1n) is 6.65. The van der Waals surface area contributed by atoms with E-state index >= 15 is 0 Å². The van der Waals surface area contributed by atoms with Crippen molar-refractivity contribution in [2.75, 3.05) is 0 Å². The van der Waals surface area contributed by atoms with Gasteiger partial charge in [-0.3, -0.25) is 0 Å². The molecule has 12 heteroatoms. The third-order valence-electron chi connectivity index (χ3n) is 3.57. The molecule has 0 N–H and O–H groups in total. The molecule has 3 atom stereocenters. The number of halogens is 12.